The molecule has 0 amide bonds. The lowest BCUT2D eigenvalue weighted by Crippen LogP contribution is -2.14. The van der Waals surface area contributed by atoms with Crippen LogP contribution in [0.2, 0.25) is 0 Å². The normalized spacial score (nSPS) is 11.6. The standard InChI is InChI=1S/C29H24N6O3S/c1-38-24-14-12-20(13-15-24)28-32-33-29-26-11-3-2-10-25(26)27(34-35(28)29)31-23-9-5-8-22(17-23)21-7-4-6-19(16-21)18-39(30,36)37/h2-17H,18H2,1H3,(H,31,34)(H2,30,36,37). The molecular weight excluding hydrogens is 512 g/mol. The van der Waals surface area contributed by atoms with Gasteiger partial charge >= 0.3 is 0 Å². The molecule has 0 fully saturated rings. The minimum absolute atomic E-state index is 0.218. The number of benzene rings is 4. The molecule has 0 radical (unpaired) electrons. The average Bonchev–Trinajstić information content (AvgIpc) is 3.37. The van der Waals surface area contributed by atoms with Crippen LogP contribution in [-0.2, 0) is 15.8 Å². The number of hydrogen-bond donors (Lipinski definition) is 2. The third kappa shape index (κ3) is 5.02. The number of nitrogens with two attached hydrogens (primary N) is 1. The van der Waals surface area contributed by atoms with E-state index < -0.39 is 10.0 Å². The summed E-state index contributed by atoms with van der Waals surface area (Å²) in [6.07, 6.45) is 0. The fourth-order valence-electron chi connectivity index (χ4n) is 4.58. The summed E-state index contributed by atoms with van der Waals surface area (Å²) in [7, 11) is -2.00. The summed E-state index contributed by atoms with van der Waals surface area (Å²) >= 11 is 0. The molecule has 4 aromatic carbocycles. The Morgan fingerprint density at radius 2 is 1.54 bits per heavy atom. The van der Waals surface area contributed by atoms with E-state index in [1.54, 1.807) is 17.7 Å². The number of ether oxygens (including phenoxy) is 1. The zero-order valence-electron chi connectivity index (χ0n) is 20.9. The Hall–Kier alpha value is -4.80. The number of nitrogens with one attached hydrogen (secondary N) is 1. The topological polar surface area (TPSA) is 124 Å². The van der Waals surface area contributed by atoms with Crippen LogP contribution in [-0.4, -0.2) is 35.3 Å². The largest absolute Gasteiger partial charge is 0.497 e. The molecular formula is C29H24N6O3S. The van der Waals surface area contributed by atoms with Gasteiger partial charge in [-0.25, -0.2) is 13.6 Å². The van der Waals surface area contributed by atoms with E-state index in [1.165, 1.54) is 0 Å². The van der Waals surface area contributed by atoms with Crippen LogP contribution >= 0.6 is 0 Å². The molecule has 2 heterocycles. The molecule has 0 saturated heterocycles. The SMILES string of the molecule is COc1ccc(-c2nnc3c4ccccc4c(Nc4cccc(-c5cccc(CS(N)(=O)=O)c5)c4)nn23)cc1. The van der Waals surface area contributed by atoms with Gasteiger partial charge in [0.05, 0.1) is 12.9 Å². The van der Waals surface area contributed by atoms with Crippen LogP contribution in [0.3, 0.4) is 0 Å². The molecule has 39 heavy (non-hydrogen) atoms. The Morgan fingerprint density at radius 3 is 2.28 bits per heavy atom. The molecule has 0 aliphatic carbocycles. The highest BCUT2D eigenvalue weighted by molar-refractivity contribution is 7.88. The molecule has 0 unspecified atom stereocenters. The summed E-state index contributed by atoms with van der Waals surface area (Å²) in [5.74, 6) is 1.79. The fraction of sp³-hybridized carbons (Fsp3) is 0.0690. The zero-order chi connectivity index (χ0) is 27.0. The quantitative estimate of drug-likeness (QED) is 0.289. The number of hydrogen-bond acceptors (Lipinski definition) is 7. The minimum atomic E-state index is -3.63. The molecule has 0 atom stereocenters. The van der Waals surface area contributed by atoms with Gasteiger partial charge in [0.15, 0.2) is 17.3 Å². The second kappa shape index (κ2) is 9.82. The molecule has 6 aromatic rings. The van der Waals surface area contributed by atoms with Gasteiger partial charge < -0.3 is 10.1 Å². The smallest absolute Gasteiger partial charge is 0.213 e. The molecule has 3 N–H and O–H groups in total. The van der Waals surface area contributed by atoms with Crippen molar-refractivity contribution in [1.82, 2.24) is 19.8 Å². The van der Waals surface area contributed by atoms with Gasteiger partial charge in [0.25, 0.3) is 0 Å². The van der Waals surface area contributed by atoms with Crippen LogP contribution in [0.1, 0.15) is 5.56 Å². The van der Waals surface area contributed by atoms with Crippen molar-refractivity contribution in [2.45, 2.75) is 5.75 Å². The first-order valence-electron chi connectivity index (χ1n) is 12.1. The van der Waals surface area contributed by atoms with Crippen molar-refractivity contribution >= 4 is 37.9 Å². The molecule has 2 aromatic heterocycles. The predicted molar refractivity (Wildman–Crippen MR) is 152 cm³/mol. The average molecular weight is 537 g/mol. The third-order valence-corrected chi connectivity index (χ3v) is 7.10. The van der Waals surface area contributed by atoms with Gasteiger partial charge in [0.2, 0.25) is 10.0 Å². The van der Waals surface area contributed by atoms with E-state index in [-0.39, 0.29) is 5.75 Å². The number of primary sulfonamides is 1. The summed E-state index contributed by atoms with van der Waals surface area (Å²) in [5, 5.41) is 24.3. The van der Waals surface area contributed by atoms with Crippen molar-refractivity contribution < 1.29 is 13.2 Å². The van der Waals surface area contributed by atoms with Crippen molar-refractivity contribution in [3.63, 3.8) is 0 Å². The summed E-state index contributed by atoms with van der Waals surface area (Å²) in [6.45, 7) is 0. The van der Waals surface area contributed by atoms with Gasteiger partial charge in [-0.1, -0.05) is 60.7 Å². The van der Waals surface area contributed by atoms with Gasteiger partial charge in [0.1, 0.15) is 5.75 Å². The fourth-order valence-corrected chi connectivity index (χ4v) is 5.22. The number of sulfonamides is 1. The second-order valence-corrected chi connectivity index (χ2v) is 10.7. The van der Waals surface area contributed by atoms with E-state index in [4.69, 9.17) is 15.0 Å². The molecule has 0 spiro atoms. The Bertz CT molecular complexity index is 1940. The van der Waals surface area contributed by atoms with Crippen molar-refractivity contribution in [1.29, 1.82) is 0 Å². The summed E-state index contributed by atoms with van der Waals surface area (Å²) < 4.78 is 30.2. The highest BCUT2D eigenvalue weighted by atomic mass is 32.2. The van der Waals surface area contributed by atoms with Crippen molar-refractivity contribution in [3.8, 4) is 28.3 Å². The lowest BCUT2D eigenvalue weighted by molar-refractivity contribution is 0.415. The lowest BCUT2D eigenvalue weighted by atomic mass is 10.0. The first-order chi connectivity index (χ1) is 18.9. The molecule has 0 aliphatic rings. The highest BCUT2D eigenvalue weighted by Gasteiger charge is 2.16. The lowest BCUT2D eigenvalue weighted by Gasteiger charge is -2.12. The van der Waals surface area contributed by atoms with E-state index in [2.05, 4.69) is 15.5 Å². The minimum Gasteiger partial charge on any atom is -0.497 e. The van der Waals surface area contributed by atoms with Crippen LogP contribution < -0.4 is 15.2 Å². The number of nitrogens with zero attached hydrogens (tertiary/aromatic N) is 4. The Morgan fingerprint density at radius 1 is 0.821 bits per heavy atom. The Balaban J connectivity index is 1.41. The highest BCUT2D eigenvalue weighted by Crippen LogP contribution is 2.31. The van der Waals surface area contributed by atoms with Gasteiger partial charge in [-0.05, 0) is 53.1 Å². The van der Waals surface area contributed by atoms with Crippen LogP contribution in [0.15, 0.2) is 97.1 Å². The van der Waals surface area contributed by atoms with Gasteiger partial charge in [-0.2, -0.15) is 4.52 Å². The van der Waals surface area contributed by atoms with Gasteiger partial charge in [0, 0.05) is 22.0 Å². The monoisotopic (exact) mass is 536 g/mol. The molecule has 0 bridgehead atoms. The third-order valence-electron chi connectivity index (χ3n) is 6.37. The van der Waals surface area contributed by atoms with Crippen LogP contribution in [0.4, 0.5) is 11.5 Å². The molecule has 0 saturated carbocycles. The molecule has 194 valence electrons. The first kappa shape index (κ1) is 24.5. The van der Waals surface area contributed by atoms with E-state index >= 15 is 0 Å². The molecule has 9 nitrogen and oxygen atoms in total. The van der Waals surface area contributed by atoms with E-state index in [9.17, 15) is 8.42 Å². The number of aromatic nitrogens is 4. The van der Waals surface area contributed by atoms with Crippen LogP contribution in [0, 0.1) is 0 Å². The van der Waals surface area contributed by atoms with Crippen molar-refractivity contribution in [2.75, 3.05) is 12.4 Å². The zero-order valence-corrected chi connectivity index (χ0v) is 21.8. The second-order valence-electron chi connectivity index (χ2n) is 9.10. The predicted octanol–water partition coefficient (Wildman–Crippen LogP) is 5.15. The van der Waals surface area contributed by atoms with Crippen molar-refractivity contribution in [3.05, 3.63) is 103 Å². The number of methoxy groups -OCH3 is 1. The van der Waals surface area contributed by atoms with Crippen LogP contribution in [0.25, 0.3) is 38.9 Å². The van der Waals surface area contributed by atoms with Gasteiger partial charge in [-0.15, -0.1) is 15.3 Å². The maximum absolute atomic E-state index is 11.6. The van der Waals surface area contributed by atoms with E-state index in [1.807, 2.05) is 91.0 Å². The maximum atomic E-state index is 11.6. The summed E-state index contributed by atoms with van der Waals surface area (Å²) in [4.78, 5) is 0. The first-order valence-corrected chi connectivity index (χ1v) is 13.8. The van der Waals surface area contributed by atoms with E-state index in [0.717, 1.165) is 38.9 Å². The molecule has 6 rings (SSSR count). The number of anilines is 2. The summed E-state index contributed by atoms with van der Waals surface area (Å²) in [6, 6.07) is 30.7. The Kier molecular flexibility index (Phi) is 6.18. The molecule has 10 heteroatoms. The van der Waals surface area contributed by atoms with Crippen LogP contribution in [0.5, 0.6) is 5.75 Å². The Labute approximate surface area is 224 Å². The van der Waals surface area contributed by atoms with Gasteiger partial charge in [-0.3, -0.25) is 0 Å². The van der Waals surface area contributed by atoms with E-state index in [0.29, 0.717) is 22.9 Å². The summed E-state index contributed by atoms with van der Waals surface area (Å²) in [5.41, 5.74) is 4.77. The molecule has 0 aliphatic heterocycles. The number of rotatable bonds is 7. The van der Waals surface area contributed by atoms with Crippen molar-refractivity contribution in [2.24, 2.45) is 5.14 Å². The number of fused-ring (bicyclic) bond motifs is 3. The maximum Gasteiger partial charge on any atom is 0.213 e.